The molecule has 1 aliphatic heterocycles. The number of aromatic carboxylic acids is 1. The van der Waals surface area contributed by atoms with Crippen molar-refractivity contribution in [2.24, 2.45) is 5.92 Å². The van der Waals surface area contributed by atoms with Crippen LogP contribution in [0.25, 0.3) is 10.2 Å². The van der Waals surface area contributed by atoms with Crippen molar-refractivity contribution in [2.45, 2.75) is 19.3 Å². The standard InChI is InChI=1S/C24H26N2O5S/c1-30-19-7-8-20-21(15-19)32-23(25-20)22(27)16-9-12-26(13-10-16)11-2-14-31-18-5-3-17(4-6-18)24(28)29/h3-8,15-16H,2,9-14H2,1H3,(H,28,29). The number of hydrogen-bond donors (Lipinski definition) is 1. The predicted molar refractivity (Wildman–Crippen MR) is 123 cm³/mol. The van der Waals surface area contributed by atoms with Gasteiger partial charge in [0.25, 0.3) is 0 Å². The first kappa shape index (κ1) is 22.2. The lowest BCUT2D eigenvalue weighted by molar-refractivity contribution is 0.0696. The summed E-state index contributed by atoms with van der Waals surface area (Å²) in [6.07, 6.45) is 2.56. The van der Waals surface area contributed by atoms with Crippen molar-refractivity contribution in [1.82, 2.24) is 9.88 Å². The van der Waals surface area contributed by atoms with Gasteiger partial charge in [-0.15, -0.1) is 11.3 Å². The highest BCUT2D eigenvalue weighted by Crippen LogP contribution is 2.30. The lowest BCUT2D eigenvalue weighted by Crippen LogP contribution is -2.37. The van der Waals surface area contributed by atoms with Crippen LogP contribution in [0, 0.1) is 5.92 Å². The van der Waals surface area contributed by atoms with Crippen LogP contribution in [-0.2, 0) is 0 Å². The Labute approximate surface area is 190 Å². The van der Waals surface area contributed by atoms with Gasteiger partial charge in [-0.25, -0.2) is 9.78 Å². The molecule has 0 radical (unpaired) electrons. The quantitative estimate of drug-likeness (QED) is 0.379. The van der Waals surface area contributed by atoms with E-state index in [2.05, 4.69) is 9.88 Å². The average Bonchev–Trinajstić information content (AvgIpc) is 3.25. The number of benzene rings is 2. The first-order valence-electron chi connectivity index (χ1n) is 10.7. The lowest BCUT2D eigenvalue weighted by Gasteiger charge is -2.30. The lowest BCUT2D eigenvalue weighted by atomic mass is 9.92. The zero-order valence-electron chi connectivity index (χ0n) is 18.0. The molecule has 7 nitrogen and oxygen atoms in total. The Morgan fingerprint density at radius 3 is 2.53 bits per heavy atom. The molecule has 0 atom stereocenters. The summed E-state index contributed by atoms with van der Waals surface area (Å²) in [5.74, 6) is 0.680. The third-order valence-electron chi connectivity index (χ3n) is 5.75. The maximum atomic E-state index is 13.0. The number of likely N-dealkylation sites (tertiary alicyclic amines) is 1. The number of aromatic nitrogens is 1. The number of hydrogen-bond acceptors (Lipinski definition) is 7. The Balaban J connectivity index is 1.21. The molecular formula is C24H26N2O5S. The van der Waals surface area contributed by atoms with Crippen LogP contribution in [0.15, 0.2) is 42.5 Å². The number of fused-ring (bicyclic) bond motifs is 1. The molecule has 0 amide bonds. The second kappa shape index (κ2) is 10.1. The van der Waals surface area contributed by atoms with Crippen molar-refractivity contribution in [3.63, 3.8) is 0 Å². The molecule has 0 unspecified atom stereocenters. The number of carboxylic acids is 1. The van der Waals surface area contributed by atoms with Gasteiger partial charge in [0, 0.05) is 12.5 Å². The highest BCUT2D eigenvalue weighted by molar-refractivity contribution is 7.20. The Hall–Kier alpha value is -2.97. The Morgan fingerprint density at radius 2 is 1.84 bits per heavy atom. The molecule has 0 bridgehead atoms. The molecule has 2 aromatic carbocycles. The van der Waals surface area contributed by atoms with E-state index < -0.39 is 5.97 Å². The van der Waals surface area contributed by atoms with E-state index in [1.54, 1.807) is 31.4 Å². The monoisotopic (exact) mass is 454 g/mol. The van der Waals surface area contributed by atoms with Crippen molar-refractivity contribution in [2.75, 3.05) is 33.4 Å². The van der Waals surface area contributed by atoms with Crippen LogP contribution in [0.3, 0.4) is 0 Å². The molecule has 4 rings (SSSR count). The number of ether oxygens (including phenoxy) is 2. The highest BCUT2D eigenvalue weighted by Gasteiger charge is 2.27. The summed E-state index contributed by atoms with van der Waals surface area (Å²) in [5.41, 5.74) is 1.09. The summed E-state index contributed by atoms with van der Waals surface area (Å²) >= 11 is 1.44. The van der Waals surface area contributed by atoms with E-state index in [0.29, 0.717) is 17.4 Å². The smallest absolute Gasteiger partial charge is 0.335 e. The summed E-state index contributed by atoms with van der Waals surface area (Å²) in [5, 5.41) is 9.52. The molecule has 1 saturated heterocycles. The number of rotatable bonds is 9. The molecule has 32 heavy (non-hydrogen) atoms. The number of nitrogens with zero attached hydrogens (tertiary/aromatic N) is 2. The summed E-state index contributed by atoms with van der Waals surface area (Å²) in [7, 11) is 1.63. The zero-order chi connectivity index (χ0) is 22.5. The number of thiazole rings is 1. The van der Waals surface area contributed by atoms with Crippen molar-refractivity contribution >= 4 is 33.3 Å². The number of Topliss-reactive ketones (excluding diaryl/α,β-unsaturated/α-hetero) is 1. The summed E-state index contributed by atoms with van der Waals surface area (Å²) in [6, 6.07) is 12.1. The molecule has 1 fully saturated rings. The van der Waals surface area contributed by atoms with Gasteiger partial charge < -0.3 is 19.5 Å². The zero-order valence-corrected chi connectivity index (χ0v) is 18.8. The molecular weight excluding hydrogens is 428 g/mol. The molecule has 0 saturated carbocycles. The average molecular weight is 455 g/mol. The number of ketones is 1. The van der Waals surface area contributed by atoms with Crippen LogP contribution in [0.2, 0.25) is 0 Å². The van der Waals surface area contributed by atoms with Crippen LogP contribution < -0.4 is 9.47 Å². The van der Waals surface area contributed by atoms with Gasteiger partial charge in [-0.2, -0.15) is 0 Å². The molecule has 0 spiro atoms. The molecule has 1 N–H and O–H groups in total. The predicted octanol–water partition coefficient (Wildman–Crippen LogP) is 4.37. The third kappa shape index (κ3) is 5.26. The summed E-state index contributed by atoms with van der Waals surface area (Å²) in [6.45, 7) is 3.26. The highest BCUT2D eigenvalue weighted by atomic mass is 32.1. The summed E-state index contributed by atoms with van der Waals surface area (Å²) in [4.78, 5) is 30.7. The molecule has 168 valence electrons. The van der Waals surface area contributed by atoms with Gasteiger partial charge in [-0.3, -0.25) is 4.79 Å². The van der Waals surface area contributed by atoms with Gasteiger partial charge in [-0.05, 0) is 74.8 Å². The first-order chi connectivity index (χ1) is 15.5. The Morgan fingerprint density at radius 1 is 1.12 bits per heavy atom. The van der Waals surface area contributed by atoms with Gasteiger partial charge in [-0.1, -0.05) is 0 Å². The van der Waals surface area contributed by atoms with Gasteiger partial charge in [0.2, 0.25) is 0 Å². The van der Waals surface area contributed by atoms with Crippen molar-refractivity contribution < 1.29 is 24.2 Å². The van der Waals surface area contributed by atoms with Crippen LogP contribution in [0.4, 0.5) is 0 Å². The van der Waals surface area contributed by atoms with Gasteiger partial charge >= 0.3 is 5.97 Å². The van der Waals surface area contributed by atoms with E-state index >= 15 is 0 Å². The van der Waals surface area contributed by atoms with Crippen LogP contribution in [0.5, 0.6) is 11.5 Å². The second-order valence-corrected chi connectivity index (χ2v) is 8.90. The number of piperidine rings is 1. The van der Waals surface area contributed by atoms with E-state index in [1.807, 2.05) is 18.2 Å². The van der Waals surface area contributed by atoms with E-state index in [9.17, 15) is 9.59 Å². The fourth-order valence-corrected chi connectivity index (χ4v) is 4.92. The number of carbonyl (C=O) groups excluding carboxylic acids is 1. The summed E-state index contributed by atoms with van der Waals surface area (Å²) < 4.78 is 11.9. The third-order valence-corrected chi connectivity index (χ3v) is 6.79. The maximum Gasteiger partial charge on any atom is 0.335 e. The van der Waals surface area contributed by atoms with Crippen molar-refractivity contribution in [1.29, 1.82) is 0 Å². The minimum absolute atomic E-state index is 0.0257. The molecule has 8 heteroatoms. The van der Waals surface area contributed by atoms with Gasteiger partial charge in [0.15, 0.2) is 10.8 Å². The van der Waals surface area contributed by atoms with E-state index in [-0.39, 0.29) is 17.3 Å². The second-order valence-electron chi connectivity index (χ2n) is 7.86. The Kier molecular flexibility index (Phi) is 7.02. The first-order valence-corrected chi connectivity index (χ1v) is 11.5. The molecule has 1 aromatic heterocycles. The minimum Gasteiger partial charge on any atom is -0.497 e. The van der Waals surface area contributed by atoms with Gasteiger partial charge in [0.1, 0.15) is 11.5 Å². The minimum atomic E-state index is -0.943. The van der Waals surface area contributed by atoms with E-state index in [4.69, 9.17) is 14.6 Å². The fourth-order valence-electron chi connectivity index (χ4n) is 3.90. The fraction of sp³-hybridized carbons (Fsp3) is 0.375. The Bertz CT molecular complexity index is 1090. The molecule has 3 aromatic rings. The van der Waals surface area contributed by atoms with Crippen molar-refractivity contribution in [3.05, 3.63) is 53.0 Å². The molecule has 1 aliphatic rings. The molecule has 0 aliphatic carbocycles. The van der Waals surface area contributed by atoms with E-state index in [0.717, 1.165) is 54.9 Å². The SMILES string of the molecule is COc1ccc2nc(C(=O)C3CCN(CCCOc4ccc(C(=O)O)cc4)CC3)sc2c1. The van der Waals surface area contributed by atoms with Gasteiger partial charge in [0.05, 0.1) is 29.5 Å². The maximum absolute atomic E-state index is 13.0. The molecule has 2 heterocycles. The number of carboxylic acid groups (broad SMARTS) is 1. The largest absolute Gasteiger partial charge is 0.497 e. The van der Waals surface area contributed by atoms with Crippen LogP contribution >= 0.6 is 11.3 Å². The van der Waals surface area contributed by atoms with Crippen molar-refractivity contribution in [3.8, 4) is 11.5 Å². The number of carbonyl (C=O) groups is 2. The van der Waals surface area contributed by atoms with E-state index in [1.165, 1.54) is 11.3 Å². The number of methoxy groups -OCH3 is 1. The topological polar surface area (TPSA) is 89.0 Å². The van der Waals surface area contributed by atoms with Crippen LogP contribution in [-0.4, -0.2) is 60.1 Å². The van der Waals surface area contributed by atoms with Crippen LogP contribution in [0.1, 0.15) is 39.4 Å². The normalized spacial score (nSPS) is 15.0.